The smallest absolute Gasteiger partial charge is 0.226 e. The molecule has 2 atom stereocenters. The first-order valence-corrected chi connectivity index (χ1v) is 9.04. The van der Waals surface area contributed by atoms with Gasteiger partial charge >= 0.3 is 0 Å². The van der Waals surface area contributed by atoms with Gasteiger partial charge < -0.3 is 5.32 Å². The van der Waals surface area contributed by atoms with Crippen LogP contribution in [0.1, 0.15) is 77.0 Å². The Morgan fingerprint density at radius 3 is 2.05 bits per heavy atom. The minimum absolute atomic E-state index is 0.0461. The Labute approximate surface area is 123 Å². The van der Waals surface area contributed by atoms with Gasteiger partial charge in [-0.25, -0.2) is 0 Å². The number of carbonyl (C=O) groups excluding carboxylic acids is 1. The molecule has 2 unspecified atom stereocenters. The van der Waals surface area contributed by atoms with E-state index < -0.39 is 0 Å². The van der Waals surface area contributed by atoms with Crippen LogP contribution in [-0.4, -0.2) is 11.9 Å². The zero-order valence-corrected chi connectivity index (χ0v) is 12.7. The van der Waals surface area contributed by atoms with Crippen molar-refractivity contribution in [1.29, 1.82) is 0 Å². The summed E-state index contributed by atoms with van der Waals surface area (Å²) in [6.45, 7) is 0. The lowest BCUT2D eigenvalue weighted by Crippen LogP contribution is -2.51. The Bertz CT molecular complexity index is 369. The summed E-state index contributed by atoms with van der Waals surface area (Å²) in [5.74, 6) is 3.04. The van der Waals surface area contributed by atoms with Gasteiger partial charge in [0.15, 0.2) is 0 Å². The maximum atomic E-state index is 13.0. The molecule has 0 saturated heterocycles. The lowest BCUT2D eigenvalue weighted by atomic mass is 9.58. The molecule has 5 fully saturated rings. The molecule has 2 heteroatoms. The molecule has 0 radical (unpaired) electrons. The lowest BCUT2D eigenvalue weighted by molar-refractivity contribution is -0.139. The highest BCUT2D eigenvalue weighted by atomic mass is 16.2. The third kappa shape index (κ3) is 2.29. The number of rotatable bonds is 2. The van der Waals surface area contributed by atoms with Crippen LogP contribution in [0.3, 0.4) is 0 Å². The van der Waals surface area contributed by atoms with Gasteiger partial charge in [0.05, 0.1) is 0 Å². The van der Waals surface area contributed by atoms with Crippen molar-refractivity contribution in [3.8, 4) is 0 Å². The molecular formula is C18H29NO. The van der Waals surface area contributed by atoms with Crippen molar-refractivity contribution in [2.75, 3.05) is 0 Å². The molecule has 1 amide bonds. The Morgan fingerprint density at radius 2 is 1.40 bits per heavy atom. The molecule has 5 saturated carbocycles. The van der Waals surface area contributed by atoms with Crippen LogP contribution in [0.5, 0.6) is 0 Å². The highest BCUT2D eigenvalue weighted by Crippen LogP contribution is 2.57. The van der Waals surface area contributed by atoms with Gasteiger partial charge in [0.1, 0.15) is 0 Å². The second-order valence-electron chi connectivity index (χ2n) is 8.35. The first-order valence-electron chi connectivity index (χ1n) is 9.04. The van der Waals surface area contributed by atoms with Gasteiger partial charge in [0, 0.05) is 11.5 Å². The molecule has 0 heterocycles. The molecule has 5 rings (SSSR count). The van der Waals surface area contributed by atoms with E-state index in [0.29, 0.717) is 11.9 Å². The summed E-state index contributed by atoms with van der Waals surface area (Å²) in [4.78, 5) is 13.0. The second-order valence-corrected chi connectivity index (χ2v) is 8.35. The van der Waals surface area contributed by atoms with E-state index in [0.717, 1.165) is 17.8 Å². The van der Waals surface area contributed by atoms with Gasteiger partial charge in [-0.2, -0.15) is 0 Å². The van der Waals surface area contributed by atoms with Gasteiger partial charge in [0.2, 0.25) is 5.91 Å². The maximum absolute atomic E-state index is 13.0. The van der Waals surface area contributed by atoms with E-state index in [1.807, 2.05) is 0 Å². The minimum Gasteiger partial charge on any atom is -0.353 e. The molecule has 112 valence electrons. The van der Waals surface area contributed by atoms with Crippen LogP contribution in [0.4, 0.5) is 0 Å². The van der Waals surface area contributed by atoms with Crippen molar-refractivity contribution in [2.45, 2.75) is 83.1 Å². The average Bonchev–Trinajstić information content (AvgIpc) is 2.66. The zero-order chi connectivity index (χ0) is 13.6. The summed E-state index contributed by atoms with van der Waals surface area (Å²) in [6.07, 6.45) is 15.7. The number of hydrogen-bond acceptors (Lipinski definition) is 1. The van der Waals surface area contributed by atoms with E-state index in [1.165, 1.54) is 77.0 Å². The standard InChI is InChI=1S/C18H29NO/c20-17(19-16-4-2-1-3-5-16)18-10-13-6-7-14(11-18)9-15(8-13)12-18/h13-16H,1-12H2,(H,19,20). The van der Waals surface area contributed by atoms with Crippen molar-refractivity contribution in [3.05, 3.63) is 0 Å². The number of nitrogens with one attached hydrogen (secondary N) is 1. The molecule has 4 bridgehead atoms. The largest absolute Gasteiger partial charge is 0.353 e. The third-order valence-corrected chi connectivity index (χ3v) is 6.78. The van der Waals surface area contributed by atoms with E-state index in [1.54, 1.807) is 0 Å². The van der Waals surface area contributed by atoms with Gasteiger partial charge in [-0.15, -0.1) is 0 Å². The molecule has 5 aliphatic carbocycles. The average molecular weight is 275 g/mol. The Kier molecular flexibility index (Phi) is 3.31. The summed E-state index contributed by atoms with van der Waals surface area (Å²) in [5.41, 5.74) is 0.0461. The van der Waals surface area contributed by atoms with E-state index in [9.17, 15) is 4.79 Å². The highest BCUT2D eigenvalue weighted by Gasteiger charge is 2.52. The van der Waals surface area contributed by atoms with Gasteiger partial charge in [-0.3, -0.25) is 4.79 Å². The van der Waals surface area contributed by atoms with Crippen molar-refractivity contribution < 1.29 is 4.79 Å². The Hall–Kier alpha value is -0.530. The van der Waals surface area contributed by atoms with Crippen LogP contribution >= 0.6 is 0 Å². The summed E-state index contributed by atoms with van der Waals surface area (Å²) >= 11 is 0. The monoisotopic (exact) mass is 275 g/mol. The summed E-state index contributed by atoms with van der Waals surface area (Å²) in [6, 6.07) is 0.491. The molecule has 0 aromatic rings. The lowest BCUT2D eigenvalue weighted by Gasteiger charge is -2.47. The van der Waals surface area contributed by atoms with E-state index in [2.05, 4.69) is 5.32 Å². The molecule has 5 aliphatic rings. The predicted molar refractivity (Wildman–Crippen MR) is 80.2 cm³/mol. The quantitative estimate of drug-likeness (QED) is 0.809. The van der Waals surface area contributed by atoms with Crippen molar-refractivity contribution >= 4 is 5.91 Å². The molecule has 1 N–H and O–H groups in total. The molecule has 0 spiro atoms. The van der Waals surface area contributed by atoms with E-state index >= 15 is 0 Å². The first kappa shape index (κ1) is 13.2. The summed E-state index contributed by atoms with van der Waals surface area (Å²) in [7, 11) is 0. The predicted octanol–water partition coefficient (Wildman–Crippen LogP) is 4.04. The summed E-state index contributed by atoms with van der Waals surface area (Å²) < 4.78 is 0. The van der Waals surface area contributed by atoms with E-state index in [-0.39, 0.29) is 5.41 Å². The van der Waals surface area contributed by atoms with Crippen molar-refractivity contribution in [2.24, 2.45) is 23.2 Å². The molecule has 20 heavy (non-hydrogen) atoms. The molecule has 2 nitrogen and oxygen atoms in total. The number of amides is 1. The maximum Gasteiger partial charge on any atom is 0.226 e. The van der Waals surface area contributed by atoms with E-state index in [4.69, 9.17) is 0 Å². The summed E-state index contributed by atoms with van der Waals surface area (Å²) in [5, 5.41) is 3.46. The Morgan fingerprint density at radius 1 is 0.800 bits per heavy atom. The van der Waals surface area contributed by atoms with Crippen LogP contribution < -0.4 is 5.32 Å². The fourth-order valence-electron chi connectivity index (χ4n) is 6.05. The number of fused-ring (bicyclic) bond motifs is 1. The molecular weight excluding hydrogens is 246 g/mol. The first-order chi connectivity index (χ1) is 9.73. The van der Waals surface area contributed by atoms with Gasteiger partial charge in [-0.05, 0) is 62.7 Å². The van der Waals surface area contributed by atoms with Gasteiger partial charge in [-0.1, -0.05) is 32.1 Å². The minimum atomic E-state index is 0.0461. The topological polar surface area (TPSA) is 29.1 Å². The fourth-order valence-corrected chi connectivity index (χ4v) is 6.05. The molecule has 0 aromatic carbocycles. The number of hydrogen-bond donors (Lipinski definition) is 1. The van der Waals surface area contributed by atoms with Crippen LogP contribution in [0.2, 0.25) is 0 Å². The van der Waals surface area contributed by atoms with Crippen LogP contribution in [0.15, 0.2) is 0 Å². The van der Waals surface area contributed by atoms with Crippen LogP contribution in [0.25, 0.3) is 0 Å². The molecule has 0 aromatic heterocycles. The van der Waals surface area contributed by atoms with Gasteiger partial charge in [0.25, 0.3) is 0 Å². The van der Waals surface area contributed by atoms with Crippen LogP contribution in [-0.2, 0) is 4.79 Å². The van der Waals surface area contributed by atoms with Crippen molar-refractivity contribution in [3.63, 3.8) is 0 Å². The Balaban J connectivity index is 1.49. The van der Waals surface area contributed by atoms with Crippen molar-refractivity contribution in [1.82, 2.24) is 5.32 Å². The highest BCUT2D eigenvalue weighted by molar-refractivity contribution is 5.83. The number of carbonyl (C=O) groups is 1. The molecule has 0 aliphatic heterocycles. The third-order valence-electron chi connectivity index (χ3n) is 6.78. The van der Waals surface area contributed by atoms with Crippen LogP contribution in [0, 0.1) is 23.2 Å². The fraction of sp³-hybridized carbons (Fsp3) is 0.944. The second kappa shape index (κ2) is 5.03. The SMILES string of the molecule is O=C(NC1CCCCC1)C12CC3CCC(CC(C3)C1)C2. The zero-order valence-electron chi connectivity index (χ0n) is 12.7. The normalized spacial score (nSPS) is 44.3.